The molecule has 1 N–H and O–H groups in total. The first-order valence-electron chi connectivity index (χ1n) is 12.2. The van der Waals surface area contributed by atoms with E-state index in [-0.39, 0.29) is 5.91 Å². The first-order valence-corrected chi connectivity index (χ1v) is 12.2. The molecule has 6 nitrogen and oxygen atoms in total. The molecule has 1 amide bonds. The van der Waals surface area contributed by atoms with Gasteiger partial charge >= 0.3 is 5.97 Å². The molecule has 0 unspecified atom stereocenters. The minimum Gasteiger partial charge on any atom is -0.423 e. The summed E-state index contributed by atoms with van der Waals surface area (Å²) in [6, 6.07) is 32.0. The van der Waals surface area contributed by atoms with Gasteiger partial charge in [-0.25, -0.2) is 10.2 Å². The molecule has 1 heterocycles. The topological polar surface area (TPSA) is 71.0 Å². The van der Waals surface area contributed by atoms with Crippen molar-refractivity contribution in [1.82, 2.24) is 10.3 Å². The van der Waals surface area contributed by atoms with Crippen LogP contribution in [0.3, 0.4) is 0 Å². The van der Waals surface area contributed by atoms with E-state index in [2.05, 4.69) is 39.7 Å². The second-order valence-electron chi connectivity index (χ2n) is 8.95. The molecule has 4 aromatic carbocycles. The molecule has 0 fully saturated rings. The van der Waals surface area contributed by atoms with Crippen LogP contribution in [-0.2, 0) is 19.5 Å². The average molecular weight is 490 g/mol. The summed E-state index contributed by atoms with van der Waals surface area (Å²) in [5.41, 5.74) is 8.37. The summed E-state index contributed by atoms with van der Waals surface area (Å²) in [7, 11) is 0. The molecule has 0 saturated carbocycles. The predicted octanol–water partition coefficient (Wildman–Crippen LogP) is 5.23. The summed E-state index contributed by atoms with van der Waals surface area (Å²) in [6.45, 7) is 2.83. The molecule has 37 heavy (non-hydrogen) atoms. The zero-order valence-electron chi connectivity index (χ0n) is 20.3. The predicted molar refractivity (Wildman–Crippen MR) is 144 cm³/mol. The highest BCUT2D eigenvalue weighted by atomic mass is 16.5. The van der Waals surface area contributed by atoms with Gasteiger partial charge in [0.1, 0.15) is 5.75 Å². The molecule has 1 aliphatic heterocycles. The van der Waals surface area contributed by atoms with Gasteiger partial charge in [0, 0.05) is 25.2 Å². The fraction of sp³-hybridized carbons (Fsp3) is 0.129. The Bertz CT molecular complexity index is 1400. The van der Waals surface area contributed by atoms with Crippen molar-refractivity contribution in [3.05, 3.63) is 137 Å². The van der Waals surface area contributed by atoms with Gasteiger partial charge in [-0.2, -0.15) is 5.10 Å². The number of hydrazone groups is 1. The van der Waals surface area contributed by atoms with E-state index < -0.39 is 5.97 Å². The van der Waals surface area contributed by atoms with E-state index in [1.54, 1.807) is 54.7 Å². The second kappa shape index (κ2) is 11.5. The van der Waals surface area contributed by atoms with Crippen molar-refractivity contribution in [2.24, 2.45) is 5.10 Å². The van der Waals surface area contributed by atoms with Gasteiger partial charge in [-0.15, -0.1) is 0 Å². The Morgan fingerprint density at radius 2 is 1.51 bits per heavy atom. The van der Waals surface area contributed by atoms with Crippen molar-refractivity contribution >= 4 is 18.1 Å². The Morgan fingerprint density at radius 1 is 0.811 bits per heavy atom. The van der Waals surface area contributed by atoms with E-state index in [0.717, 1.165) is 31.6 Å². The van der Waals surface area contributed by atoms with Crippen LogP contribution >= 0.6 is 0 Å². The maximum Gasteiger partial charge on any atom is 0.343 e. The standard InChI is InChI=1S/C31H27N3O3/c35-30(26-14-10-24(11-15-26)21-34-19-18-25-6-4-5-9-28(25)22-34)33-32-20-23-12-16-29(17-13-23)37-31(36)27-7-2-1-3-8-27/h1-17,20H,18-19,21-22H2,(H,33,35). The van der Waals surface area contributed by atoms with Gasteiger partial charge in [-0.1, -0.05) is 54.6 Å². The molecule has 0 radical (unpaired) electrons. The first-order chi connectivity index (χ1) is 18.1. The zero-order valence-corrected chi connectivity index (χ0v) is 20.3. The molecular formula is C31H27N3O3. The average Bonchev–Trinajstić information content (AvgIpc) is 2.95. The lowest BCUT2D eigenvalue weighted by Crippen LogP contribution is -2.30. The smallest absolute Gasteiger partial charge is 0.343 e. The number of ether oxygens (including phenoxy) is 1. The van der Waals surface area contributed by atoms with Crippen molar-refractivity contribution in [3.8, 4) is 5.75 Å². The summed E-state index contributed by atoms with van der Waals surface area (Å²) < 4.78 is 5.37. The number of carbonyl (C=O) groups excluding carboxylic acids is 2. The van der Waals surface area contributed by atoms with Crippen molar-refractivity contribution in [3.63, 3.8) is 0 Å². The summed E-state index contributed by atoms with van der Waals surface area (Å²) >= 11 is 0. The van der Waals surface area contributed by atoms with Crippen LogP contribution in [0.5, 0.6) is 5.75 Å². The summed E-state index contributed by atoms with van der Waals surface area (Å²) in [5.74, 6) is -0.256. The molecule has 1 aliphatic rings. The number of hydrogen-bond donors (Lipinski definition) is 1. The van der Waals surface area contributed by atoms with Gasteiger partial charge < -0.3 is 4.74 Å². The van der Waals surface area contributed by atoms with Gasteiger partial charge in [-0.05, 0) is 77.2 Å². The lowest BCUT2D eigenvalue weighted by Gasteiger charge is -2.28. The fourth-order valence-electron chi connectivity index (χ4n) is 4.30. The summed E-state index contributed by atoms with van der Waals surface area (Å²) in [4.78, 5) is 27.1. The van der Waals surface area contributed by atoms with E-state index in [0.29, 0.717) is 16.9 Å². The van der Waals surface area contributed by atoms with E-state index in [1.807, 2.05) is 30.3 Å². The van der Waals surface area contributed by atoms with Crippen LogP contribution in [0.4, 0.5) is 0 Å². The van der Waals surface area contributed by atoms with Crippen molar-refractivity contribution in [2.45, 2.75) is 19.5 Å². The lowest BCUT2D eigenvalue weighted by atomic mass is 9.99. The normalized spacial score (nSPS) is 13.2. The van der Waals surface area contributed by atoms with Crippen LogP contribution in [0.2, 0.25) is 0 Å². The Morgan fingerprint density at radius 3 is 2.27 bits per heavy atom. The molecule has 0 saturated heterocycles. The van der Waals surface area contributed by atoms with Crippen LogP contribution < -0.4 is 10.2 Å². The van der Waals surface area contributed by atoms with Crippen LogP contribution in [-0.4, -0.2) is 29.5 Å². The molecule has 184 valence electrons. The third-order valence-electron chi connectivity index (χ3n) is 6.31. The maximum absolute atomic E-state index is 12.5. The molecular weight excluding hydrogens is 462 g/mol. The fourth-order valence-corrected chi connectivity index (χ4v) is 4.30. The zero-order chi connectivity index (χ0) is 25.5. The monoisotopic (exact) mass is 489 g/mol. The number of carbonyl (C=O) groups is 2. The van der Waals surface area contributed by atoms with Gasteiger partial charge in [0.05, 0.1) is 11.8 Å². The molecule has 0 aliphatic carbocycles. The van der Waals surface area contributed by atoms with Crippen LogP contribution in [0.1, 0.15) is 43.0 Å². The SMILES string of the molecule is O=C(NN=Cc1ccc(OC(=O)c2ccccc2)cc1)c1ccc(CN2CCc3ccccc3C2)cc1. The Hall–Kier alpha value is -4.55. The highest BCUT2D eigenvalue weighted by Gasteiger charge is 2.16. The van der Waals surface area contributed by atoms with Crippen LogP contribution in [0.25, 0.3) is 0 Å². The Labute approximate surface area is 216 Å². The van der Waals surface area contributed by atoms with E-state index in [1.165, 1.54) is 16.7 Å². The van der Waals surface area contributed by atoms with Crippen molar-refractivity contribution in [2.75, 3.05) is 6.54 Å². The van der Waals surface area contributed by atoms with Crippen LogP contribution in [0, 0.1) is 0 Å². The number of fused-ring (bicyclic) bond motifs is 1. The minimum absolute atomic E-state index is 0.275. The molecule has 6 heteroatoms. The second-order valence-corrected chi connectivity index (χ2v) is 8.95. The number of esters is 1. The van der Waals surface area contributed by atoms with Gasteiger partial charge in [0.2, 0.25) is 0 Å². The largest absolute Gasteiger partial charge is 0.423 e. The Kier molecular flexibility index (Phi) is 7.48. The quantitative estimate of drug-likeness (QED) is 0.167. The van der Waals surface area contributed by atoms with Gasteiger partial charge in [0.15, 0.2) is 0 Å². The first kappa shape index (κ1) is 24.2. The maximum atomic E-state index is 12.5. The Balaban J connectivity index is 1.10. The molecule has 5 rings (SSSR count). The highest BCUT2D eigenvalue weighted by molar-refractivity contribution is 5.95. The molecule has 0 bridgehead atoms. The molecule has 4 aromatic rings. The third-order valence-corrected chi connectivity index (χ3v) is 6.31. The molecule has 0 spiro atoms. The number of nitrogens with one attached hydrogen (secondary N) is 1. The van der Waals surface area contributed by atoms with Gasteiger partial charge in [0.25, 0.3) is 5.91 Å². The van der Waals surface area contributed by atoms with Crippen molar-refractivity contribution < 1.29 is 14.3 Å². The summed E-state index contributed by atoms with van der Waals surface area (Å²) in [5, 5.41) is 4.05. The van der Waals surface area contributed by atoms with Crippen molar-refractivity contribution in [1.29, 1.82) is 0 Å². The minimum atomic E-state index is -0.415. The van der Waals surface area contributed by atoms with E-state index in [4.69, 9.17) is 4.74 Å². The summed E-state index contributed by atoms with van der Waals surface area (Å²) in [6.07, 6.45) is 2.61. The number of amides is 1. The van der Waals surface area contributed by atoms with E-state index in [9.17, 15) is 9.59 Å². The molecule has 0 atom stereocenters. The number of nitrogens with zero attached hydrogens (tertiary/aromatic N) is 2. The van der Waals surface area contributed by atoms with E-state index >= 15 is 0 Å². The van der Waals surface area contributed by atoms with Crippen LogP contribution in [0.15, 0.2) is 108 Å². The third kappa shape index (κ3) is 6.37. The number of benzene rings is 4. The number of hydrogen-bond acceptors (Lipinski definition) is 5. The van der Waals surface area contributed by atoms with Gasteiger partial charge in [-0.3, -0.25) is 9.69 Å². The lowest BCUT2D eigenvalue weighted by molar-refractivity contribution is 0.0734. The molecule has 0 aromatic heterocycles. The number of rotatable bonds is 7. The highest BCUT2D eigenvalue weighted by Crippen LogP contribution is 2.20.